The first-order valence-corrected chi connectivity index (χ1v) is 12.6. The van der Waals surface area contributed by atoms with E-state index in [-0.39, 0.29) is 17.7 Å². The Balaban J connectivity index is 1.40. The second kappa shape index (κ2) is 11.8. The van der Waals surface area contributed by atoms with E-state index in [0.29, 0.717) is 36.2 Å². The summed E-state index contributed by atoms with van der Waals surface area (Å²) in [5.74, 6) is 1.66. The minimum Gasteiger partial charge on any atom is -0.490 e. The van der Waals surface area contributed by atoms with Crippen LogP contribution in [0.3, 0.4) is 0 Å². The molecule has 3 aromatic carbocycles. The van der Waals surface area contributed by atoms with Crippen LogP contribution in [0.2, 0.25) is 0 Å². The van der Waals surface area contributed by atoms with Crippen molar-refractivity contribution in [2.45, 2.75) is 27.3 Å². The molecule has 1 saturated heterocycles. The SMILES string of the molecule is CCOc1cc(/C=C2\SC(=O)N(Cc3ccc(C)cc3)C2=O)ccc1OCCOc1ccc(C)cc1. The Labute approximate surface area is 215 Å². The van der Waals surface area contributed by atoms with Crippen molar-refractivity contribution in [1.82, 2.24) is 4.90 Å². The molecule has 0 spiro atoms. The maximum Gasteiger partial charge on any atom is 0.293 e. The molecule has 186 valence electrons. The third-order valence-corrected chi connectivity index (χ3v) is 6.44. The zero-order chi connectivity index (χ0) is 25.5. The number of hydrogen-bond donors (Lipinski definition) is 0. The van der Waals surface area contributed by atoms with Crippen molar-refractivity contribution >= 4 is 29.0 Å². The second-order valence-electron chi connectivity index (χ2n) is 8.40. The van der Waals surface area contributed by atoms with E-state index in [1.165, 1.54) is 10.5 Å². The molecule has 0 aromatic heterocycles. The van der Waals surface area contributed by atoms with Crippen molar-refractivity contribution in [1.29, 1.82) is 0 Å². The number of benzene rings is 3. The second-order valence-corrected chi connectivity index (χ2v) is 9.40. The maximum atomic E-state index is 12.9. The summed E-state index contributed by atoms with van der Waals surface area (Å²) in [6, 6.07) is 21.1. The monoisotopic (exact) mass is 503 g/mol. The van der Waals surface area contributed by atoms with Gasteiger partial charge in [0.1, 0.15) is 19.0 Å². The summed E-state index contributed by atoms with van der Waals surface area (Å²) in [7, 11) is 0. The Morgan fingerprint density at radius 2 is 1.47 bits per heavy atom. The van der Waals surface area contributed by atoms with Crippen LogP contribution in [0.1, 0.15) is 29.2 Å². The highest BCUT2D eigenvalue weighted by molar-refractivity contribution is 8.18. The average molecular weight is 504 g/mol. The van der Waals surface area contributed by atoms with E-state index in [0.717, 1.165) is 34.2 Å². The molecule has 1 heterocycles. The molecular formula is C29H29NO5S. The van der Waals surface area contributed by atoms with Crippen LogP contribution in [0.5, 0.6) is 17.2 Å². The van der Waals surface area contributed by atoms with Crippen LogP contribution in [0.25, 0.3) is 6.08 Å². The molecule has 0 radical (unpaired) electrons. The molecule has 0 N–H and O–H groups in total. The first kappa shape index (κ1) is 25.4. The van der Waals surface area contributed by atoms with Gasteiger partial charge in [0.2, 0.25) is 0 Å². The van der Waals surface area contributed by atoms with E-state index >= 15 is 0 Å². The summed E-state index contributed by atoms with van der Waals surface area (Å²) < 4.78 is 17.4. The molecule has 0 saturated carbocycles. The third-order valence-electron chi connectivity index (χ3n) is 5.53. The van der Waals surface area contributed by atoms with Crippen molar-refractivity contribution in [2.24, 2.45) is 0 Å². The lowest BCUT2D eigenvalue weighted by Gasteiger charge is -2.13. The lowest BCUT2D eigenvalue weighted by atomic mass is 10.1. The number of thioether (sulfide) groups is 1. The Bertz CT molecular complexity index is 1250. The average Bonchev–Trinajstić information content (AvgIpc) is 3.12. The zero-order valence-corrected chi connectivity index (χ0v) is 21.5. The number of hydrogen-bond acceptors (Lipinski definition) is 6. The van der Waals surface area contributed by atoms with E-state index in [1.54, 1.807) is 12.1 Å². The van der Waals surface area contributed by atoms with Gasteiger partial charge in [-0.1, -0.05) is 53.6 Å². The maximum absolute atomic E-state index is 12.9. The van der Waals surface area contributed by atoms with Crippen molar-refractivity contribution in [3.05, 3.63) is 93.9 Å². The summed E-state index contributed by atoms with van der Waals surface area (Å²) in [6.45, 7) is 7.39. The molecule has 1 aliphatic heterocycles. The quantitative estimate of drug-likeness (QED) is 0.236. The largest absolute Gasteiger partial charge is 0.490 e. The van der Waals surface area contributed by atoms with Crippen molar-refractivity contribution in [3.63, 3.8) is 0 Å². The van der Waals surface area contributed by atoms with E-state index in [9.17, 15) is 9.59 Å². The molecule has 2 amide bonds. The molecule has 7 heteroatoms. The number of aryl methyl sites for hydroxylation is 2. The van der Waals surface area contributed by atoms with Crippen LogP contribution in [0.4, 0.5) is 4.79 Å². The van der Waals surface area contributed by atoms with E-state index in [2.05, 4.69) is 0 Å². The molecule has 0 bridgehead atoms. The summed E-state index contributed by atoms with van der Waals surface area (Å²) >= 11 is 0.948. The number of amides is 2. The fourth-order valence-electron chi connectivity index (χ4n) is 3.61. The molecule has 1 aliphatic rings. The van der Waals surface area contributed by atoms with Gasteiger partial charge in [-0.05, 0) is 74.0 Å². The zero-order valence-electron chi connectivity index (χ0n) is 20.7. The van der Waals surface area contributed by atoms with Gasteiger partial charge in [-0.2, -0.15) is 0 Å². The Kier molecular flexibility index (Phi) is 8.33. The number of nitrogens with zero attached hydrogens (tertiary/aromatic N) is 1. The number of carbonyl (C=O) groups is 2. The highest BCUT2D eigenvalue weighted by Gasteiger charge is 2.35. The molecule has 3 aromatic rings. The normalized spacial score (nSPS) is 14.4. The van der Waals surface area contributed by atoms with Crippen LogP contribution >= 0.6 is 11.8 Å². The summed E-state index contributed by atoms with van der Waals surface area (Å²) in [4.78, 5) is 27.1. The van der Waals surface area contributed by atoms with E-state index in [1.807, 2.05) is 81.4 Å². The highest BCUT2D eigenvalue weighted by Crippen LogP contribution is 2.35. The standard InChI is InChI=1S/C29H29NO5S/c1-4-33-26-17-23(11-14-25(26)35-16-15-34-24-12-7-21(3)8-13-24)18-27-28(31)30(29(32)36-27)19-22-9-5-20(2)6-10-22/h5-14,17-18H,4,15-16,19H2,1-3H3/b27-18-. The highest BCUT2D eigenvalue weighted by atomic mass is 32.2. The van der Waals surface area contributed by atoms with Gasteiger partial charge in [0.15, 0.2) is 11.5 Å². The number of rotatable bonds is 10. The summed E-state index contributed by atoms with van der Waals surface area (Å²) in [6.07, 6.45) is 1.72. The Morgan fingerprint density at radius 1 is 0.806 bits per heavy atom. The molecule has 0 unspecified atom stereocenters. The van der Waals surface area contributed by atoms with E-state index < -0.39 is 0 Å². The lowest BCUT2D eigenvalue weighted by Crippen LogP contribution is -2.27. The van der Waals surface area contributed by atoms with Gasteiger partial charge in [0.05, 0.1) is 18.1 Å². The number of imide groups is 1. The number of ether oxygens (including phenoxy) is 3. The molecular weight excluding hydrogens is 474 g/mol. The van der Waals surface area contributed by atoms with Gasteiger partial charge in [0.25, 0.3) is 11.1 Å². The predicted molar refractivity (Wildman–Crippen MR) is 142 cm³/mol. The van der Waals surface area contributed by atoms with E-state index in [4.69, 9.17) is 14.2 Å². The Hall–Kier alpha value is -3.71. The first-order valence-electron chi connectivity index (χ1n) is 11.8. The molecule has 1 fully saturated rings. The molecule has 0 aliphatic carbocycles. The first-order chi connectivity index (χ1) is 17.4. The summed E-state index contributed by atoms with van der Waals surface area (Å²) in [5.41, 5.74) is 3.97. The number of carbonyl (C=O) groups excluding carboxylic acids is 2. The third kappa shape index (κ3) is 6.49. The van der Waals surface area contributed by atoms with Gasteiger partial charge in [0, 0.05) is 0 Å². The Morgan fingerprint density at radius 3 is 2.17 bits per heavy atom. The van der Waals surface area contributed by atoms with Gasteiger partial charge < -0.3 is 14.2 Å². The topological polar surface area (TPSA) is 65.1 Å². The lowest BCUT2D eigenvalue weighted by molar-refractivity contribution is -0.123. The molecule has 36 heavy (non-hydrogen) atoms. The minimum atomic E-state index is -0.294. The van der Waals surface area contributed by atoms with Crippen LogP contribution in [-0.4, -0.2) is 35.9 Å². The molecule has 4 rings (SSSR count). The van der Waals surface area contributed by atoms with Crippen LogP contribution in [0.15, 0.2) is 71.6 Å². The fourth-order valence-corrected chi connectivity index (χ4v) is 4.45. The summed E-state index contributed by atoms with van der Waals surface area (Å²) in [5, 5.41) is -0.273. The van der Waals surface area contributed by atoms with Gasteiger partial charge in [-0.15, -0.1) is 0 Å². The van der Waals surface area contributed by atoms with Crippen molar-refractivity contribution in [2.75, 3.05) is 19.8 Å². The minimum absolute atomic E-state index is 0.254. The van der Waals surface area contributed by atoms with Crippen molar-refractivity contribution < 1.29 is 23.8 Å². The smallest absolute Gasteiger partial charge is 0.293 e. The van der Waals surface area contributed by atoms with Crippen molar-refractivity contribution in [3.8, 4) is 17.2 Å². The van der Waals surface area contributed by atoms with Crippen LogP contribution in [0, 0.1) is 13.8 Å². The van der Waals surface area contributed by atoms with Gasteiger partial charge >= 0.3 is 0 Å². The molecule has 0 atom stereocenters. The van der Waals surface area contributed by atoms with Crippen LogP contribution in [-0.2, 0) is 11.3 Å². The molecule has 6 nitrogen and oxygen atoms in total. The predicted octanol–water partition coefficient (Wildman–Crippen LogP) is 6.40. The van der Waals surface area contributed by atoms with Gasteiger partial charge in [-0.25, -0.2) is 0 Å². The van der Waals surface area contributed by atoms with Gasteiger partial charge in [-0.3, -0.25) is 14.5 Å². The fraction of sp³-hybridized carbons (Fsp3) is 0.241. The van der Waals surface area contributed by atoms with Crippen LogP contribution < -0.4 is 14.2 Å².